The van der Waals surface area contributed by atoms with Gasteiger partial charge in [-0.3, -0.25) is 0 Å². The van der Waals surface area contributed by atoms with Gasteiger partial charge in [0, 0.05) is 17.9 Å². The van der Waals surface area contributed by atoms with Gasteiger partial charge in [0.2, 0.25) is 0 Å². The minimum atomic E-state index is -0.215. The molecule has 1 heterocycles. The molecule has 54 valence electrons. The van der Waals surface area contributed by atoms with Gasteiger partial charge in [-0.05, 0) is 6.42 Å². The number of hydrogen-bond acceptors (Lipinski definition) is 2. The fourth-order valence-electron chi connectivity index (χ4n) is 0.982. The van der Waals surface area contributed by atoms with Crippen LogP contribution in [0.4, 0.5) is 0 Å². The molecule has 2 atom stereocenters. The van der Waals surface area contributed by atoms with Crippen molar-refractivity contribution in [3.63, 3.8) is 0 Å². The first kappa shape index (κ1) is 7.51. The summed E-state index contributed by atoms with van der Waals surface area (Å²) in [5.74, 6) is 0.365. The van der Waals surface area contributed by atoms with Crippen LogP contribution in [0.2, 0.25) is 0 Å². The highest BCUT2D eigenvalue weighted by Crippen LogP contribution is 2.17. The van der Waals surface area contributed by atoms with E-state index in [1.807, 2.05) is 0 Å². The molecule has 0 aromatic heterocycles. The molecule has 1 N–H and O–H groups in total. The van der Waals surface area contributed by atoms with E-state index < -0.39 is 0 Å². The smallest absolute Gasteiger partial charge is 0.0687 e. The van der Waals surface area contributed by atoms with E-state index in [1.54, 1.807) is 0 Å². The lowest BCUT2D eigenvalue weighted by atomic mass is 10.0. The van der Waals surface area contributed by atoms with E-state index in [-0.39, 0.29) is 6.10 Å². The highest BCUT2D eigenvalue weighted by molar-refractivity contribution is 9.09. The Balaban J connectivity index is 2.24. The Kier molecular flexibility index (Phi) is 2.95. The maximum atomic E-state index is 9.23. The topological polar surface area (TPSA) is 29.5 Å². The first-order chi connectivity index (χ1) is 4.34. The molecule has 0 saturated carbocycles. The fourth-order valence-corrected chi connectivity index (χ4v) is 1.51. The van der Waals surface area contributed by atoms with Crippen molar-refractivity contribution in [3.8, 4) is 0 Å². The number of aliphatic hydroxyl groups is 1. The van der Waals surface area contributed by atoms with Crippen molar-refractivity contribution in [1.82, 2.24) is 0 Å². The van der Waals surface area contributed by atoms with Gasteiger partial charge in [-0.1, -0.05) is 15.9 Å². The van der Waals surface area contributed by atoms with Gasteiger partial charge in [0.15, 0.2) is 0 Å². The first-order valence-electron chi connectivity index (χ1n) is 3.16. The molecule has 0 aromatic rings. The molecule has 3 heteroatoms. The lowest BCUT2D eigenvalue weighted by molar-refractivity contribution is 0.110. The van der Waals surface area contributed by atoms with Crippen LogP contribution in [0.25, 0.3) is 0 Å². The summed E-state index contributed by atoms with van der Waals surface area (Å²) < 4.78 is 5.10. The van der Waals surface area contributed by atoms with Gasteiger partial charge in [-0.2, -0.15) is 0 Å². The second-order valence-corrected chi connectivity index (χ2v) is 2.99. The average Bonchev–Trinajstić information content (AvgIpc) is 2.37. The first-order valence-corrected chi connectivity index (χ1v) is 4.28. The van der Waals surface area contributed by atoms with Crippen LogP contribution in [0.5, 0.6) is 0 Å². The summed E-state index contributed by atoms with van der Waals surface area (Å²) in [4.78, 5) is 0. The molecule has 0 aromatic carbocycles. The standard InChI is InChI=1S/C6H11BrO2/c7-3-6(8)5-1-2-9-4-5/h5-6,8H,1-4H2/t5-,6-/m1/s1. The largest absolute Gasteiger partial charge is 0.392 e. The minimum absolute atomic E-state index is 0.215. The van der Waals surface area contributed by atoms with Gasteiger partial charge in [-0.15, -0.1) is 0 Å². The van der Waals surface area contributed by atoms with Gasteiger partial charge >= 0.3 is 0 Å². The third kappa shape index (κ3) is 1.92. The van der Waals surface area contributed by atoms with E-state index in [0.717, 1.165) is 19.6 Å². The minimum Gasteiger partial charge on any atom is -0.392 e. The Morgan fingerprint density at radius 2 is 2.56 bits per heavy atom. The molecule has 0 radical (unpaired) electrons. The Bertz CT molecular complexity index is 81.1. The Labute approximate surface area is 63.3 Å². The number of rotatable bonds is 2. The Morgan fingerprint density at radius 3 is 3.00 bits per heavy atom. The molecular formula is C6H11BrO2. The molecule has 1 saturated heterocycles. The number of aliphatic hydroxyl groups excluding tert-OH is 1. The average molecular weight is 195 g/mol. The Morgan fingerprint density at radius 1 is 1.78 bits per heavy atom. The van der Waals surface area contributed by atoms with E-state index in [2.05, 4.69) is 15.9 Å². The van der Waals surface area contributed by atoms with E-state index in [9.17, 15) is 5.11 Å². The molecule has 1 rings (SSSR count). The normalized spacial score (nSPS) is 30.7. The van der Waals surface area contributed by atoms with Gasteiger partial charge in [-0.25, -0.2) is 0 Å². The summed E-state index contributed by atoms with van der Waals surface area (Å²) in [5.41, 5.74) is 0. The van der Waals surface area contributed by atoms with Crippen molar-refractivity contribution < 1.29 is 9.84 Å². The van der Waals surface area contributed by atoms with E-state index in [0.29, 0.717) is 11.2 Å². The summed E-state index contributed by atoms with van der Waals surface area (Å²) in [7, 11) is 0. The molecule has 0 bridgehead atoms. The van der Waals surface area contributed by atoms with Crippen LogP contribution in [-0.4, -0.2) is 29.8 Å². The SMILES string of the molecule is O[C@H](CBr)[C@@H]1CCOC1. The predicted molar refractivity (Wildman–Crippen MR) is 38.7 cm³/mol. The molecule has 0 aliphatic carbocycles. The van der Waals surface area contributed by atoms with Crippen molar-refractivity contribution in [2.75, 3.05) is 18.5 Å². The summed E-state index contributed by atoms with van der Waals surface area (Å²) in [6.45, 7) is 1.54. The fraction of sp³-hybridized carbons (Fsp3) is 1.00. The summed E-state index contributed by atoms with van der Waals surface area (Å²) in [5, 5.41) is 9.90. The van der Waals surface area contributed by atoms with E-state index in [1.165, 1.54) is 0 Å². The molecule has 2 nitrogen and oxygen atoms in total. The molecule has 1 fully saturated rings. The van der Waals surface area contributed by atoms with Crippen molar-refractivity contribution >= 4 is 15.9 Å². The maximum Gasteiger partial charge on any atom is 0.0687 e. The van der Waals surface area contributed by atoms with E-state index in [4.69, 9.17) is 4.74 Å². The van der Waals surface area contributed by atoms with Crippen LogP contribution in [0.1, 0.15) is 6.42 Å². The van der Waals surface area contributed by atoms with Crippen LogP contribution in [0, 0.1) is 5.92 Å². The molecule has 0 amide bonds. The lowest BCUT2D eigenvalue weighted by Gasteiger charge is -2.11. The number of halogens is 1. The van der Waals surface area contributed by atoms with Crippen molar-refractivity contribution in [1.29, 1.82) is 0 Å². The van der Waals surface area contributed by atoms with Crippen LogP contribution < -0.4 is 0 Å². The molecule has 0 spiro atoms. The highest BCUT2D eigenvalue weighted by atomic mass is 79.9. The number of ether oxygens (including phenoxy) is 1. The Hall–Kier alpha value is 0.400. The molecule has 1 aliphatic rings. The molecule has 1 aliphatic heterocycles. The molecule has 9 heavy (non-hydrogen) atoms. The lowest BCUT2D eigenvalue weighted by Crippen LogP contribution is -2.21. The number of alkyl halides is 1. The third-order valence-corrected chi connectivity index (χ3v) is 2.33. The highest BCUT2D eigenvalue weighted by Gasteiger charge is 2.22. The van der Waals surface area contributed by atoms with Gasteiger partial charge in [0.25, 0.3) is 0 Å². The van der Waals surface area contributed by atoms with Crippen LogP contribution in [0.15, 0.2) is 0 Å². The second-order valence-electron chi connectivity index (χ2n) is 2.35. The van der Waals surface area contributed by atoms with Crippen LogP contribution in [0.3, 0.4) is 0 Å². The van der Waals surface area contributed by atoms with Crippen LogP contribution >= 0.6 is 15.9 Å². The van der Waals surface area contributed by atoms with Gasteiger partial charge in [0.05, 0.1) is 12.7 Å². The third-order valence-electron chi connectivity index (χ3n) is 1.67. The monoisotopic (exact) mass is 194 g/mol. The number of hydrogen-bond donors (Lipinski definition) is 1. The van der Waals surface area contributed by atoms with Crippen molar-refractivity contribution in [2.24, 2.45) is 5.92 Å². The molecular weight excluding hydrogens is 184 g/mol. The van der Waals surface area contributed by atoms with Crippen molar-refractivity contribution in [3.05, 3.63) is 0 Å². The summed E-state index contributed by atoms with van der Waals surface area (Å²) >= 11 is 3.22. The summed E-state index contributed by atoms with van der Waals surface area (Å²) in [6, 6.07) is 0. The summed E-state index contributed by atoms with van der Waals surface area (Å²) in [6.07, 6.45) is 0.791. The van der Waals surface area contributed by atoms with Gasteiger partial charge in [0.1, 0.15) is 0 Å². The zero-order valence-corrected chi connectivity index (χ0v) is 6.80. The zero-order valence-electron chi connectivity index (χ0n) is 5.22. The quantitative estimate of drug-likeness (QED) is 0.659. The van der Waals surface area contributed by atoms with Crippen LogP contribution in [-0.2, 0) is 4.74 Å². The van der Waals surface area contributed by atoms with Crippen molar-refractivity contribution in [2.45, 2.75) is 12.5 Å². The maximum absolute atomic E-state index is 9.23. The second kappa shape index (κ2) is 3.54. The zero-order chi connectivity index (χ0) is 6.69. The van der Waals surface area contributed by atoms with E-state index >= 15 is 0 Å². The predicted octanol–water partition coefficient (Wildman–Crippen LogP) is 0.779. The van der Waals surface area contributed by atoms with Gasteiger partial charge < -0.3 is 9.84 Å². The molecule has 0 unspecified atom stereocenters.